The van der Waals surface area contributed by atoms with Gasteiger partial charge < -0.3 is 14.4 Å². The Labute approximate surface area is 253 Å². The number of esters is 2. The molecule has 0 heterocycles. The number of unbranched alkanes of at least 4 members (excludes halogenated alkanes) is 1. The minimum Gasteiger partial charge on any atom is -0.450 e. The lowest BCUT2D eigenvalue weighted by Crippen LogP contribution is -2.36. The molecule has 7 nitrogen and oxygen atoms in total. The molecule has 1 N–H and O–H groups in total. The van der Waals surface area contributed by atoms with E-state index in [0.29, 0.717) is 12.8 Å². The molecular formula is C35H37O7P. The quantitative estimate of drug-likeness (QED) is 0.0884. The molecule has 0 bridgehead atoms. The first kappa shape index (κ1) is 31.9. The molecule has 43 heavy (non-hydrogen) atoms. The maximum absolute atomic E-state index is 13.6. The van der Waals surface area contributed by atoms with Crippen LogP contribution in [-0.2, 0) is 41.0 Å². The van der Waals surface area contributed by atoms with Crippen molar-refractivity contribution in [3.8, 4) is 0 Å². The lowest BCUT2D eigenvalue weighted by Gasteiger charge is -2.24. The van der Waals surface area contributed by atoms with Crippen molar-refractivity contribution in [2.45, 2.75) is 50.9 Å². The molecule has 1 unspecified atom stereocenters. The molecule has 0 saturated heterocycles. The van der Waals surface area contributed by atoms with Crippen molar-refractivity contribution < 1.29 is 33.0 Å². The van der Waals surface area contributed by atoms with Gasteiger partial charge in [0.15, 0.2) is 12.2 Å². The zero-order chi connectivity index (χ0) is 30.5. The third-order valence-corrected chi connectivity index (χ3v) is 8.40. The predicted molar refractivity (Wildman–Crippen MR) is 165 cm³/mol. The molecule has 0 spiro atoms. The Morgan fingerprint density at radius 3 is 1.70 bits per heavy atom. The van der Waals surface area contributed by atoms with E-state index in [9.17, 15) is 19.0 Å². The van der Waals surface area contributed by atoms with E-state index in [1.54, 1.807) is 0 Å². The van der Waals surface area contributed by atoms with Crippen LogP contribution in [0.4, 0.5) is 0 Å². The molecule has 0 amide bonds. The normalized spacial score (nSPS) is 13.9. The summed E-state index contributed by atoms with van der Waals surface area (Å²) in [4.78, 5) is 37.1. The van der Waals surface area contributed by atoms with E-state index in [4.69, 9.17) is 14.0 Å². The highest BCUT2D eigenvalue weighted by Gasteiger charge is 2.33. The van der Waals surface area contributed by atoms with E-state index >= 15 is 0 Å². The summed E-state index contributed by atoms with van der Waals surface area (Å²) in [6.45, 7) is 1.34. The average molecular weight is 601 g/mol. The zero-order valence-corrected chi connectivity index (χ0v) is 25.1. The van der Waals surface area contributed by atoms with Gasteiger partial charge in [-0.05, 0) is 48.4 Å². The first-order valence-corrected chi connectivity index (χ1v) is 16.2. The highest BCUT2D eigenvalue weighted by atomic mass is 31.2. The minimum atomic E-state index is -4.08. The van der Waals surface area contributed by atoms with E-state index in [0.717, 1.165) is 28.7 Å². The molecule has 0 aliphatic rings. The van der Waals surface area contributed by atoms with Gasteiger partial charge in [-0.2, -0.15) is 0 Å². The molecule has 0 aliphatic heterocycles. The van der Waals surface area contributed by atoms with E-state index in [-0.39, 0.29) is 12.6 Å². The van der Waals surface area contributed by atoms with Gasteiger partial charge >= 0.3 is 19.5 Å². The summed E-state index contributed by atoms with van der Waals surface area (Å²) < 4.78 is 29.6. The van der Waals surface area contributed by atoms with Crippen LogP contribution in [0.15, 0.2) is 121 Å². The summed E-state index contributed by atoms with van der Waals surface area (Å²) >= 11 is 0. The van der Waals surface area contributed by atoms with Crippen LogP contribution < -0.4 is 0 Å². The van der Waals surface area contributed by atoms with Gasteiger partial charge in [0.25, 0.3) is 0 Å². The average Bonchev–Trinajstić information content (AvgIpc) is 3.03. The molecule has 0 aromatic heterocycles. The third kappa shape index (κ3) is 10.3. The lowest BCUT2D eigenvalue weighted by molar-refractivity contribution is -0.174. The highest BCUT2D eigenvalue weighted by molar-refractivity contribution is 7.52. The molecular weight excluding hydrogens is 563 g/mol. The van der Waals surface area contributed by atoms with Gasteiger partial charge in [0.1, 0.15) is 0 Å². The van der Waals surface area contributed by atoms with Crippen LogP contribution >= 0.6 is 7.60 Å². The van der Waals surface area contributed by atoms with E-state index in [1.807, 2.05) is 121 Å². The van der Waals surface area contributed by atoms with E-state index in [1.165, 1.54) is 6.92 Å². The summed E-state index contributed by atoms with van der Waals surface area (Å²) in [5.74, 6) is -1.66. The Hall–Kier alpha value is -4.03. The maximum Gasteiger partial charge on any atom is 0.348 e. The molecule has 3 atom stereocenters. The fraction of sp³-hybridized carbons (Fsp3) is 0.257. The van der Waals surface area contributed by atoms with Crippen molar-refractivity contribution in [3.05, 3.63) is 144 Å². The fourth-order valence-electron chi connectivity index (χ4n) is 4.64. The molecule has 8 heteroatoms. The SMILES string of the molecule is C[C@H](OP(=O)(O)CCCCc1ccccc1)C(=O)O[C@@H](Cc1ccccc1)C(=O)OC(c1ccccc1)c1ccccc1. The van der Waals surface area contributed by atoms with Crippen molar-refractivity contribution in [2.24, 2.45) is 0 Å². The Morgan fingerprint density at radius 1 is 0.674 bits per heavy atom. The summed E-state index contributed by atoms with van der Waals surface area (Å²) in [6.07, 6.45) is -1.51. The highest BCUT2D eigenvalue weighted by Crippen LogP contribution is 2.44. The van der Waals surface area contributed by atoms with Crippen molar-refractivity contribution in [1.82, 2.24) is 0 Å². The summed E-state index contributed by atoms with van der Waals surface area (Å²) in [5, 5.41) is 0. The molecule has 224 valence electrons. The second kappa shape index (κ2) is 16.0. The number of benzene rings is 4. The maximum atomic E-state index is 13.6. The van der Waals surface area contributed by atoms with Crippen molar-refractivity contribution in [1.29, 1.82) is 0 Å². The Morgan fingerprint density at radius 2 is 1.16 bits per heavy atom. The van der Waals surface area contributed by atoms with Crippen LogP contribution in [0.3, 0.4) is 0 Å². The van der Waals surface area contributed by atoms with Gasteiger partial charge in [0, 0.05) is 6.42 Å². The monoisotopic (exact) mass is 600 g/mol. The topological polar surface area (TPSA) is 99.1 Å². The number of aryl methyl sites for hydroxylation is 1. The standard InChI is InChI=1S/C35H37O7P/c1-27(42-43(38,39)25-15-14-18-28-16-6-2-7-17-28)34(36)40-32(26-29-19-8-3-9-20-29)35(37)41-33(30-21-10-4-11-22-30)31-23-12-5-13-24-31/h2-13,16-17,19-24,27,32-33H,14-15,18,25-26H2,1H3,(H,38,39)/t27-,32-/m0/s1. The van der Waals surface area contributed by atoms with Gasteiger partial charge in [0.05, 0.1) is 6.16 Å². The van der Waals surface area contributed by atoms with Crippen LogP contribution in [0.1, 0.15) is 48.1 Å². The van der Waals surface area contributed by atoms with Gasteiger partial charge in [-0.25, -0.2) is 9.59 Å². The second-order valence-corrected chi connectivity index (χ2v) is 12.2. The molecule has 4 aromatic carbocycles. The van der Waals surface area contributed by atoms with Gasteiger partial charge in [0.2, 0.25) is 6.10 Å². The smallest absolute Gasteiger partial charge is 0.348 e. The minimum absolute atomic E-state index is 0.0602. The van der Waals surface area contributed by atoms with Crippen molar-refractivity contribution in [3.63, 3.8) is 0 Å². The summed E-state index contributed by atoms with van der Waals surface area (Å²) in [7, 11) is -4.08. The molecule has 0 radical (unpaired) electrons. The number of rotatable bonds is 15. The van der Waals surface area contributed by atoms with Crippen LogP contribution in [0.25, 0.3) is 0 Å². The predicted octanol–water partition coefficient (Wildman–Crippen LogP) is 7.09. The Balaban J connectivity index is 1.42. The van der Waals surface area contributed by atoms with Gasteiger partial charge in [-0.1, -0.05) is 121 Å². The summed E-state index contributed by atoms with van der Waals surface area (Å²) in [6, 6.07) is 37.6. The number of hydrogen-bond acceptors (Lipinski definition) is 6. The van der Waals surface area contributed by atoms with Gasteiger partial charge in [-0.15, -0.1) is 0 Å². The number of carbonyl (C=O) groups excluding carboxylic acids is 2. The van der Waals surface area contributed by atoms with Crippen LogP contribution in [0.2, 0.25) is 0 Å². The van der Waals surface area contributed by atoms with E-state index in [2.05, 4.69) is 0 Å². The first-order chi connectivity index (χ1) is 20.8. The Bertz CT molecular complexity index is 1420. The first-order valence-electron chi connectivity index (χ1n) is 14.4. The molecule has 4 aromatic rings. The Kier molecular flexibility index (Phi) is 11.9. The number of ether oxygens (including phenoxy) is 2. The molecule has 0 aliphatic carbocycles. The van der Waals surface area contributed by atoms with Crippen LogP contribution in [0, 0.1) is 0 Å². The van der Waals surface area contributed by atoms with Crippen LogP contribution in [0.5, 0.6) is 0 Å². The molecule has 0 saturated carbocycles. The van der Waals surface area contributed by atoms with Gasteiger partial charge in [-0.3, -0.25) is 9.09 Å². The largest absolute Gasteiger partial charge is 0.450 e. The van der Waals surface area contributed by atoms with Crippen molar-refractivity contribution in [2.75, 3.05) is 6.16 Å². The molecule has 4 rings (SSSR count). The fourth-order valence-corrected chi connectivity index (χ4v) is 5.95. The number of carbonyl (C=O) groups is 2. The zero-order valence-electron chi connectivity index (χ0n) is 24.2. The lowest BCUT2D eigenvalue weighted by atomic mass is 10.0. The third-order valence-electron chi connectivity index (χ3n) is 6.88. The second-order valence-electron chi connectivity index (χ2n) is 10.3. The van der Waals surface area contributed by atoms with Crippen LogP contribution in [-0.4, -0.2) is 35.2 Å². The molecule has 0 fully saturated rings. The van der Waals surface area contributed by atoms with E-state index < -0.39 is 37.8 Å². The summed E-state index contributed by atoms with van der Waals surface area (Å²) in [5.41, 5.74) is 3.42. The van der Waals surface area contributed by atoms with Crippen molar-refractivity contribution >= 4 is 19.5 Å². The number of hydrogen-bond donors (Lipinski definition) is 1.